The summed E-state index contributed by atoms with van der Waals surface area (Å²) in [4.78, 5) is 15.1. The number of rotatable bonds is 3. The Bertz CT molecular complexity index is 822. The highest BCUT2D eigenvalue weighted by Gasteiger charge is 2.27. The average molecular weight is 382 g/mol. The molecule has 0 aromatic heterocycles. The van der Waals surface area contributed by atoms with E-state index in [-0.39, 0.29) is 12.1 Å². The maximum absolute atomic E-state index is 13.1. The van der Waals surface area contributed by atoms with E-state index in [4.69, 9.17) is 14.2 Å². The fourth-order valence-electron chi connectivity index (χ4n) is 3.84. The molecule has 1 atom stereocenters. The van der Waals surface area contributed by atoms with Crippen molar-refractivity contribution in [3.8, 4) is 17.2 Å². The van der Waals surface area contributed by atoms with Gasteiger partial charge in [-0.25, -0.2) is 4.79 Å². The number of fused-ring (bicyclic) bond motifs is 1. The lowest BCUT2D eigenvalue weighted by atomic mass is 10.0. The van der Waals surface area contributed by atoms with Crippen molar-refractivity contribution in [3.63, 3.8) is 0 Å². The van der Waals surface area contributed by atoms with Crippen LogP contribution in [0.3, 0.4) is 0 Å². The van der Waals surface area contributed by atoms with E-state index in [1.54, 1.807) is 7.11 Å². The molecule has 1 fully saturated rings. The molecule has 2 amide bonds. The second kappa shape index (κ2) is 8.42. The molecule has 2 aromatic rings. The van der Waals surface area contributed by atoms with E-state index in [9.17, 15) is 4.79 Å². The molecule has 1 saturated heterocycles. The van der Waals surface area contributed by atoms with Gasteiger partial charge in [0.2, 0.25) is 0 Å². The van der Waals surface area contributed by atoms with E-state index in [2.05, 4.69) is 17.4 Å². The first-order valence-electron chi connectivity index (χ1n) is 9.86. The number of nitrogens with zero attached hydrogens (tertiary/aromatic N) is 1. The van der Waals surface area contributed by atoms with Crippen LogP contribution in [-0.4, -0.2) is 37.8 Å². The minimum Gasteiger partial charge on any atom is -0.497 e. The summed E-state index contributed by atoms with van der Waals surface area (Å²) in [6.07, 6.45) is 4.23. The van der Waals surface area contributed by atoms with Gasteiger partial charge in [-0.15, -0.1) is 0 Å². The standard InChI is InChI=1S/C22H26N2O4/c1-26-18-9-6-16(7-10-18)19-5-3-2-4-12-24(19)22(25)23-17-8-11-20-21(15-17)28-14-13-27-20/h6-11,15,19H,2-5,12-14H2,1H3,(H,23,25)/t19-/m1/s1. The zero-order valence-electron chi connectivity index (χ0n) is 16.1. The Labute approximate surface area is 165 Å². The van der Waals surface area contributed by atoms with Crippen LogP contribution >= 0.6 is 0 Å². The minimum absolute atomic E-state index is 0.0608. The number of carbonyl (C=O) groups excluding carboxylic acids is 1. The number of carbonyl (C=O) groups is 1. The lowest BCUT2D eigenvalue weighted by Gasteiger charge is -2.31. The molecule has 148 valence electrons. The number of anilines is 1. The predicted molar refractivity (Wildman–Crippen MR) is 107 cm³/mol. The van der Waals surface area contributed by atoms with E-state index in [0.717, 1.165) is 49.3 Å². The number of amides is 2. The Morgan fingerprint density at radius 2 is 1.82 bits per heavy atom. The first-order chi connectivity index (χ1) is 13.7. The molecule has 0 bridgehead atoms. The van der Waals surface area contributed by atoms with Gasteiger partial charge in [-0.2, -0.15) is 0 Å². The van der Waals surface area contributed by atoms with Crippen LogP contribution in [0.2, 0.25) is 0 Å². The summed E-state index contributed by atoms with van der Waals surface area (Å²) in [5.41, 5.74) is 1.85. The molecule has 28 heavy (non-hydrogen) atoms. The van der Waals surface area contributed by atoms with Gasteiger partial charge in [-0.3, -0.25) is 0 Å². The van der Waals surface area contributed by atoms with Gasteiger partial charge < -0.3 is 24.4 Å². The molecule has 1 N–H and O–H groups in total. The number of benzene rings is 2. The van der Waals surface area contributed by atoms with Crippen LogP contribution in [0.1, 0.15) is 37.3 Å². The highest BCUT2D eigenvalue weighted by molar-refractivity contribution is 5.90. The summed E-state index contributed by atoms with van der Waals surface area (Å²) < 4.78 is 16.4. The van der Waals surface area contributed by atoms with Gasteiger partial charge in [-0.05, 0) is 42.7 Å². The smallest absolute Gasteiger partial charge is 0.322 e. The SMILES string of the molecule is COc1ccc([C@H]2CCCCCN2C(=O)Nc2ccc3c(c2)OCCO3)cc1. The maximum Gasteiger partial charge on any atom is 0.322 e. The second-order valence-electron chi connectivity index (χ2n) is 7.12. The van der Waals surface area contributed by atoms with Gasteiger partial charge in [0.15, 0.2) is 11.5 Å². The van der Waals surface area contributed by atoms with Gasteiger partial charge in [0.25, 0.3) is 0 Å². The lowest BCUT2D eigenvalue weighted by molar-refractivity contribution is 0.171. The van der Waals surface area contributed by atoms with E-state index < -0.39 is 0 Å². The highest BCUT2D eigenvalue weighted by Crippen LogP contribution is 2.34. The molecule has 6 heteroatoms. The fraction of sp³-hybridized carbons (Fsp3) is 0.409. The van der Waals surface area contributed by atoms with Crippen molar-refractivity contribution in [1.82, 2.24) is 4.90 Å². The Morgan fingerprint density at radius 1 is 1.04 bits per heavy atom. The van der Waals surface area contributed by atoms with Gasteiger partial charge in [0.1, 0.15) is 19.0 Å². The number of likely N-dealkylation sites (tertiary alicyclic amines) is 1. The van der Waals surface area contributed by atoms with Crippen LogP contribution in [0, 0.1) is 0 Å². The molecular weight excluding hydrogens is 356 g/mol. The molecule has 6 nitrogen and oxygen atoms in total. The molecule has 0 spiro atoms. The topological polar surface area (TPSA) is 60.0 Å². The molecule has 0 saturated carbocycles. The largest absolute Gasteiger partial charge is 0.497 e. The third-order valence-electron chi connectivity index (χ3n) is 5.31. The molecule has 2 heterocycles. The number of urea groups is 1. The number of methoxy groups -OCH3 is 1. The summed E-state index contributed by atoms with van der Waals surface area (Å²) in [6.45, 7) is 1.82. The van der Waals surface area contributed by atoms with Crippen molar-refractivity contribution < 1.29 is 19.0 Å². The van der Waals surface area contributed by atoms with Crippen LogP contribution in [0.25, 0.3) is 0 Å². The quantitative estimate of drug-likeness (QED) is 0.842. The second-order valence-corrected chi connectivity index (χ2v) is 7.12. The van der Waals surface area contributed by atoms with Crippen LogP contribution in [0.15, 0.2) is 42.5 Å². The lowest BCUT2D eigenvalue weighted by Crippen LogP contribution is -2.38. The van der Waals surface area contributed by atoms with Crippen molar-refractivity contribution in [1.29, 1.82) is 0 Å². The van der Waals surface area contributed by atoms with E-state index >= 15 is 0 Å². The van der Waals surface area contributed by atoms with Crippen molar-refractivity contribution in [2.24, 2.45) is 0 Å². The Hall–Kier alpha value is -2.89. The van der Waals surface area contributed by atoms with Gasteiger partial charge in [0, 0.05) is 18.3 Å². The van der Waals surface area contributed by atoms with E-state index in [1.807, 2.05) is 35.2 Å². The zero-order chi connectivity index (χ0) is 19.3. The fourth-order valence-corrected chi connectivity index (χ4v) is 3.84. The maximum atomic E-state index is 13.1. The summed E-state index contributed by atoms with van der Waals surface area (Å²) >= 11 is 0. The Balaban J connectivity index is 1.52. The molecule has 0 aliphatic carbocycles. The molecule has 4 rings (SSSR count). The highest BCUT2D eigenvalue weighted by atomic mass is 16.6. The number of ether oxygens (including phenoxy) is 3. The van der Waals surface area contributed by atoms with Gasteiger partial charge in [-0.1, -0.05) is 25.0 Å². The van der Waals surface area contributed by atoms with E-state index in [1.165, 1.54) is 0 Å². The van der Waals surface area contributed by atoms with Crippen molar-refractivity contribution in [3.05, 3.63) is 48.0 Å². The molecule has 2 aliphatic heterocycles. The van der Waals surface area contributed by atoms with Crippen molar-refractivity contribution in [2.75, 3.05) is 32.2 Å². The predicted octanol–water partition coefficient (Wildman–Crippen LogP) is 4.62. The Kier molecular flexibility index (Phi) is 5.55. The number of hydrogen-bond donors (Lipinski definition) is 1. The van der Waals surface area contributed by atoms with Gasteiger partial charge >= 0.3 is 6.03 Å². The Morgan fingerprint density at radius 3 is 2.61 bits per heavy atom. The molecule has 0 unspecified atom stereocenters. The van der Waals surface area contributed by atoms with Crippen molar-refractivity contribution >= 4 is 11.7 Å². The first kappa shape index (κ1) is 18.5. The summed E-state index contributed by atoms with van der Waals surface area (Å²) in [7, 11) is 1.66. The number of hydrogen-bond acceptors (Lipinski definition) is 4. The molecule has 2 aromatic carbocycles. The van der Waals surface area contributed by atoms with Crippen LogP contribution in [0.5, 0.6) is 17.2 Å². The number of nitrogens with one attached hydrogen (secondary N) is 1. The summed E-state index contributed by atoms with van der Waals surface area (Å²) in [6, 6.07) is 13.5. The van der Waals surface area contributed by atoms with Crippen molar-refractivity contribution in [2.45, 2.75) is 31.7 Å². The third kappa shape index (κ3) is 4.01. The molecule has 2 aliphatic rings. The normalized spacial score (nSPS) is 18.9. The zero-order valence-corrected chi connectivity index (χ0v) is 16.1. The summed E-state index contributed by atoms with van der Waals surface area (Å²) in [5.74, 6) is 2.21. The van der Waals surface area contributed by atoms with Crippen LogP contribution in [-0.2, 0) is 0 Å². The third-order valence-corrected chi connectivity index (χ3v) is 5.31. The summed E-state index contributed by atoms with van der Waals surface area (Å²) in [5, 5.41) is 3.04. The van der Waals surface area contributed by atoms with E-state index in [0.29, 0.717) is 24.7 Å². The van der Waals surface area contributed by atoms with Gasteiger partial charge in [0.05, 0.1) is 13.2 Å². The minimum atomic E-state index is -0.0839. The van der Waals surface area contributed by atoms with Crippen LogP contribution in [0.4, 0.5) is 10.5 Å². The average Bonchev–Trinajstić information content (AvgIpc) is 3.00. The van der Waals surface area contributed by atoms with Crippen LogP contribution < -0.4 is 19.5 Å². The molecule has 0 radical (unpaired) electrons. The first-order valence-corrected chi connectivity index (χ1v) is 9.86. The monoisotopic (exact) mass is 382 g/mol. The molecular formula is C22H26N2O4.